The van der Waals surface area contributed by atoms with Crippen molar-refractivity contribution in [3.63, 3.8) is 0 Å². The van der Waals surface area contributed by atoms with E-state index in [0.717, 1.165) is 11.6 Å². The summed E-state index contributed by atoms with van der Waals surface area (Å²) in [5, 5.41) is 2.42. The first-order chi connectivity index (χ1) is 15.4. The SMILES string of the molecule is C=C(C)C(=O)OC[Si](C)(C)c1ccccc1.C=C(CCC)C(=O)O[Si](C)(C)c1ccccc1. The lowest BCUT2D eigenvalue weighted by molar-refractivity contribution is -0.137. The summed E-state index contributed by atoms with van der Waals surface area (Å²) < 4.78 is 10.9. The van der Waals surface area contributed by atoms with Crippen molar-refractivity contribution in [3.8, 4) is 0 Å². The van der Waals surface area contributed by atoms with Gasteiger partial charge in [-0.1, -0.05) is 105 Å². The van der Waals surface area contributed by atoms with E-state index in [1.165, 1.54) is 5.19 Å². The van der Waals surface area contributed by atoms with Gasteiger partial charge in [0.25, 0.3) is 8.32 Å². The fourth-order valence-corrected chi connectivity index (χ4v) is 6.42. The number of carbonyl (C=O) groups excluding carboxylic acids is 2. The lowest BCUT2D eigenvalue weighted by Crippen LogP contribution is -2.46. The zero-order chi connectivity index (χ0) is 25.1. The van der Waals surface area contributed by atoms with Gasteiger partial charge in [-0.2, -0.15) is 0 Å². The van der Waals surface area contributed by atoms with Crippen molar-refractivity contribution in [1.82, 2.24) is 0 Å². The maximum atomic E-state index is 11.8. The molecule has 178 valence electrons. The lowest BCUT2D eigenvalue weighted by Gasteiger charge is -2.23. The maximum absolute atomic E-state index is 11.8. The summed E-state index contributed by atoms with van der Waals surface area (Å²) in [6.45, 7) is 19.5. The molecule has 0 atom stereocenters. The molecule has 0 N–H and O–H groups in total. The molecule has 2 aromatic carbocycles. The van der Waals surface area contributed by atoms with E-state index in [-0.39, 0.29) is 11.9 Å². The van der Waals surface area contributed by atoms with Crippen LogP contribution in [0.25, 0.3) is 0 Å². The highest BCUT2D eigenvalue weighted by Gasteiger charge is 2.30. The minimum absolute atomic E-state index is 0.243. The van der Waals surface area contributed by atoms with Gasteiger partial charge in [0, 0.05) is 11.1 Å². The van der Waals surface area contributed by atoms with E-state index in [1.54, 1.807) is 6.92 Å². The molecule has 0 radical (unpaired) electrons. The predicted molar refractivity (Wildman–Crippen MR) is 143 cm³/mol. The Morgan fingerprint density at radius 2 is 1.30 bits per heavy atom. The molecule has 0 saturated carbocycles. The fourth-order valence-electron chi connectivity index (χ4n) is 2.95. The molecule has 6 heteroatoms. The molecule has 0 aliphatic carbocycles. The zero-order valence-electron chi connectivity index (χ0n) is 20.9. The van der Waals surface area contributed by atoms with Gasteiger partial charge >= 0.3 is 11.9 Å². The highest BCUT2D eigenvalue weighted by molar-refractivity contribution is 6.89. The highest BCUT2D eigenvalue weighted by atomic mass is 28.4. The summed E-state index contributed by atoms with van der Waals surface area (Å²) in [7, 11) is -3.82. The van der Waals surface area contributed by atoms with Crippen LogP contribution in [-0.4, -0.2) is 34.6 Å². The number of benzene rings is 2. The second kappa shape index (κ2) is 13.1. The smallest absolute Gasteiger partial charge is 0.332 e. The maximum Gasteiger partial charge on any atom is 0.332 e. The normalized spacial score (nSPS) is 11.0. The molecule has 4 nitrogen and oxygen atoms in total. The van der Waals surface area contributed by atoms with Gasteiger partial charge in [-0.25, -0.2) is 9.59 Å². The van der Waals surface area contributed by atoms with E-state index < -0.39 is 16.4 Å². The van der Waals surface area contributed by atoms with Gasteiger partial charge < -0.3 is 9.16 Å². The quantitative estimate of drug-likeness (QED) is 0.278. The first-order valence-electron chi connectivity index (χ1n) is 11.3. The first-order valence-corrected chi connectivity index (χ1v) is 17.4. The van der Waals surface area contributed by atoms with Crippen molar-refractivity contribution in [2.75, 3.05) is 6.23 Å². The van der Waals surface area contributed by atoms with E-state index in [0.29, 0.717) is 23.8 Å². The van der Waals surface area contributed by atoms with Crippen LogP contribution in [0.1, 0.15) is 26.7 Å². The predicted octanol–water partition coefficient (Wildman–Crippen LogP) is 5.26. The second-order valence-electron chi connectivity index (χ2n) is 9.23. The summed E-state index contributed by atoms with van der Waals surface area (Å²) in [6, 6.07) is 20.2. The van der Waals surface area contributed by atoms with E-state index >= 15 is 0 Å². The third kappa shape index (κ3) is 9.76. The van der Waals surface area contributed by atoms with Crippen LogP contribution < -0.4 is 10.4 Å². The van der Waals surface area contributed by atoms with E-state index in [1.807, 2.05) is 68.5 Å². The van der Waals surface area contributed by atoms with Gasteiger partial charge in [0.05, 0.1) is 6.23 Å². The zero-order valence-corrected chi connectivity index (χ0v) is 22.9. The number of hydrogen-bond acceptors (Lipinski definition) is 4. The van der Waals surface area contributed by atoms with E-state index in [4.69, 9.17) is 9.16 Å². The Bertz CT molecular complexity index is 935. The van der Waals surface area contributed by atoms with Gasteiger partial charge in [0.2, 0.25) is 0 Å². The Balaban J connectivity index is 0.000000331. The Morgan fingerprint density at radius 3 is 1.76 bits per heavy atom. The number of ether oxygens (including phenoxy) is 1. The van der Waals surface area contributed by atoms with Crippen molar-refractivity contribution in [2.45, 2.75) is 52.9 Å². The van der Waals surface area contributed by atoms with Crippen molar-refractivity contribution < 1.29 is 18.8 Å². The van der Waals surface area contributed by atoms with Gasteiger partial charge in [0.1, 0.15) is 8.07 Å². The average molecular weight is 483 g/mol. The molecule has 0 aliphatic heterocycles. The third-order valence-electron chi connectivity index (χ3n) is 5.13. The number of rotatable bonds is 9. The van der Waals surface area contributed by atoms with Crippen LogP contribution >= 0.6 is 0 Å². The largest absolute Gasteiger partial charge is 0.512 e. The molecule has 0 spiro atoms. The van der Waals surface area contributed by atoms with Gasteiger partial charge in [-0.3, -0.25) is 0 Å². The minimum atomic E-state index is -2.14. The summed E-state index contributed by atoms with van der Waals surface area (Å²) in [4.78, 5) is 23.2. The molecule has 0 saturated heterocycles. The van der Waals surface area contributed by atoms with Crippen LogP contribution in [0.2, 0.25) is 26.2 Å². The third-order valence-corrected chi connectivity index (χ3v) is 10.3. The van der Waals surface area contributed by atoms with Crippen LogP contribution in [-0.2, 0) is 18.8 Å². The molecule has 0 aromatic heterocycles. The van der Waals surface area contributed by atoms with Crippen LogP contribution in [0.5, 0.6) is 0 Å². The molecule has 0 heterocycles. The molecule has 0 amide bonds. The number of esters is 1. The fraction of sp³-hybridized carbons (Fsp3) is 0.333. The number of hydrogen-bond donors (Lipinski definition) is 0. The minimum Gasteiger partial charge on any atom is -0.512 e. The molecule has 0 fully saturated rings. The van der Waals surface area contributed by atoms with Crippen molar-refractivity contribution in [1.29, 1.82) is 0 Å². The van der Waals surface area contributed by atoms with E-state index in [2.05, 4.69) is 38.4 Å². The van der Waals surface area contributed by atoms with Gasteiger partial charge in [-0.05, 0) is 31.6 Å². The second-order valence-corrected chi connectivity index (χ2v) is 17.7. The Morgan fingerprint density at radius 1 is 0.818 bits per heavy atom. The average Bonchev–Trinajstić information content (AvgIpc) is 2.79. The van der Waals surface area contributed by atoms with Gasteiger partial charge in [-0.15, -0.1) is 0 Å². The Labute approximate surface area is 201 Å². The molecule has 0 bridgehead atoms. The van der Waals surface area contributed by atoms with Crippen molar-refractivity contribution in [2.24, 2.45) is 0 Å². The summed E-state index contributed by atoms with van der Waals surface area (Å²) in [5.41, 5.74) is 1.03. The van der Waals surface area contributed by atoms with Crippen molar-refractivity contribution in [3.05, 3.63) is 85.0 Å². The molecule has 2 rings (SSSR count). The Kier molecular flexibility index (Phi) is 11.3. The molecular weight excluding hydrogens is 444 g/mol. The molecule has 0 aliphatic rings. The lowest BCUT2D eigenvalue weighted by atomic mass is 10.2. The summed E-state index contributed by atoms with van der Waals surface area (Å²) in [5.74, 6) is -0.538. The van der Waals surface area contributed by atoms with Crippen LogP contribution in [0.15, 0.2) is 85.0 Å². The van der Waals surface area contributed by atoms with Crippen LogP contribution in [0.4, 0.5) is 0 Å². The standard InChI is InChI=1S/C14H20O2Si.C13H18O2Si/c1-5-9-12(2)14(15)16-17(3,4)13-10-7-6-8-11-13;1-11(2)13(14)15-10-16(3,4)12-8-6-5-7-9-12/h6-8,10-11H,2,5,9H2,1,3-4H3;5-9H,1,10H2,2-4H3. The highest BCUT2D eigenvalue weighted by Crippen LogP contribution is 2.11. The Hall–Kier alpha value is -2.71. The molecular formula is C27H38O4Si2. The molecule has 0 unspecified atom stereocenters. The molecule has 2 aromatic rings. The topological polar surface area (TPSA) is 52.6 Å². The van der Waals surface area contributed by atoms with Crippen molar-refractivity contribution >= 4 is 38.7 Å². The van der Waals surface area contributed by atoms with Gasteiger partial charge in [0.15, 0.2) is 0 Å². The summed E-state index contributed by atoms with van der Waals surface area (Å²) in [6.07, 6.45) is 2.13. The number of carbonyl (C=O) groups is 2. The van der Waals surface area contributed by atoms with E-state index in [9.17, 15) is 9.59 Å². The van der Waals surface area contributed by atoms with Crippen LogP contribution in [0, 0.1) is 0 Å². The first kappa shape index (κ1) is 28.3. The molecule has 33 heavy (non-hydrogen) atoms. The summed E-state index contributed by atoms with van der Waals surface area (Å²) >= 11 is 0. The van der Waals surface area contributed by atoms with Crippen LogP contribution in [0.3, 0.4) is 0 Å². The monoisotopic (exact) mass is 482 g/mol.